The Morgan fingerprint density at radius 3 is 2.56 bits per heavy atom. The molecule has 0 radical (unpaired) electrons. The minimum absolute atomic E-state index is 0.0213. The van der Waals surface area contributed by atoms with Gasteiger partial charge in [0.2, 0.25) is 5.76 Å². The van der Waals surface area contributed by atoms with Crippen molar-refractivity contribution in [2.75, 3.05) is 7.11 Å². The predicted octanol–water partition coefficient (Wildman–Crippen LogP) is 2.34. The molecule has 1 aromatic heterocycles. The topological polar surface area (TPSA) is 88.8 Å². The third-order valence-corrected chi connectivity index (χ3v) is 4.35. The predicted molar refractivity (Wildman–Crippen MR) is 87.7 cm³/mol. The standard InChI is InChI=1S/C18H18N2O5/c1-11-4-6-13(7-5-11)18(2)16(22)20(17(23)19-18)10-12-8-9-25-14(12)15(21)24-3/h4-9H,10H2,1-3H3,(H,19,23). The largest absolute Gasteiger partial charge is 0.463 e. The fourth-order valence-corrected chi connectivity index (χ4v) is 2.83. The molecule has 0 aliphatic carbocycles. The average Bonchev–Trinajstić information content (AvgIpc) is 3.14. The highest BCUT2D eigenvalue weighted by Gasteiger charge is 2.49. The van der Waals surface area contributed by atoms with Crippen LogP contribution in [0.4, 0.5) is 4.79 Å². The van der Waals surface area contributed by atoms with Gasteiger partial charge in [0, 0.05) is 5.56 Å². The minimum atomic E-state index is -1.15. The van der Waals surface area contributed by atoms with Gasteiger partial charge in [0.05, 0.1) is 19.9 Å². The summed E-state index contributed by atoms with van der Waals surface area (Å²) in [4.78, 5) is 38.0. The summed E-state index contributed by atoms with van der Waals surface area (Å²) in [6.07, 6.45) is 1.32. The zero-order valence-electron chi connectivity index (χ0n) is 14.2. The number of aryl methyl sites for hydroxylation is 1. The molecule has 25 heavy (non-hydrogen) atoms. The molecule has 1 atom stereocenters. The maximum atomic E-state index is 12.9. The number of hydrogen-bond donors (Lipinski definition) is 1. The van der Waals surface area contributed by atoms with Crippen molar-refractivity contribution in [1.82, 2.24) is 10.2 Å². The Labute approximate surface area is 144 Å². The van der Waals surface area contributed by atoms with E-state index in [2.05, 4.69) is 10.1 Å². The molecule has 1 saturated heterocycles. The second kappa shape index (κ2) is 6.08. The number of benzene rings is 1. The van der Waals surface area contributed by atoms with Gasteiger partial charge in [-0.3, -0.25) is 9.69 Å². The van der Waals surface area contributed by atoms with Gasteiger partial charge in [-0.25, -0.2) is 9.59 Å². The molecule has 1 aromatic carbocycles. The molecule has 1 N–H and O–H groups in total. The quantitative estimate of drug-likeness (QED) is 0.680. The molecule has 2 aromatic rings. The molecule has 130 valence electrons. The number of carbonyl (C=O) groups is 3. The van der Waals surface area contributed by atoms with Crippen molar-refractivity contribution in [1.29, 1.82) is 0 Å². The van der Waals surface area contributed by atoms with Crippen LogP contribution >= 0.6 is 0 Å². The highest BCUT2D eigenvalue weighted by molar-refractivity contribution is 6.07. The van der Waals surface area contributed by atoms with E-state index in [0.29, 0.717) is 11.1 Å². The van der Waals surface area contributed by atoms with Crippen molar-refractivity contribution in [3.63, 3.8) is 0 Å². The summed E-state index contributed by atoms with van der Waals surface area (Å²) in [5, 5.41) is 2.73. The number of nitrogens with zero attached hydrogens (tertiary/aromatic N) is 1. The number of esters is 1. The van der Waals surface area contributed by atoms with Crippen LogP contribution in [0.3, 0.4) is 0 Å². The number of hydrogen-bond acceptors (Lipinski definition) is 5. The Balaban J connectivity index is 1.88. The van der Waals surface area contributed by atoms with E-state index in [0.717, 1.165) is 10.5 Å². The first-order valence-corrected chi connectivity index (χ1v) is 7.72. The lowest BCUT2D eigenvalue weighted by Crippen LogP contribution is -2.40. The molecule has 1 unspecified atom stereocenters. The van der Waals surface area contributed by atoms with Crippen molar-refractivity contribution >= 4 is 17.9 Å². The van der Waals surface area contributed by atoms with Gasteiger partial charge >= 0.3 is 12.0 Å². The SMILES string of the molecule is COC(=O)c1occc1CN1C(=O)NC(C)(c2ccc(C)cc2)C1=O. The second-order valence-electron chi connectivity index (χ2n) is 6.08. The van der Waals surface area contributed by atoms with Gasteiger partial charge < -0.3 is 14.5 Å². The van der Waals surface area contributed by atoms with Gasteiger partial charge in [-0.15, -0.1) is 0 Å². The lowest BCUT2D eigenvalue weighted by Gasteiger charge is -2.22. The highest BCUT2D eigenvalue weighted by atomic mass is 16.5. The van der Waals surface area contributed by atoms with Crippen LogP contribution in [0, 0.1) is 6.92 Å². The number of urea groups is 1. The van der Waals surface area contributed by atoms with Crippen LogP contribution in [0.25, 0.3) is 0 Å². The second-order valence-corrected chi connectivity index (χ2v) is 6.08. The molecular formula is C18H18N2O5. The summed E-state index contributed by atoms with van der Waals surface area (Å²) < 4.78 is 9.74. The molecule has 1 fully saturated rings. The molecule has 1 aliphatic heterocycles. The number of ether oxygens (including phenoxy) is 1. The number of carbonyl (C=O) groups excluding carboxylic acids is 3. The normalized spacial score (nSPS) is 19.9. The summed E-state index contributed by atoms with van der Waals surface area (Å²) in [6, 6.07) is 8.41. The summed E-state index contributed by atoms with van der Waals surface area (Å²) in [6.45, 7) is 3.53. The van der Waals surface area contributed by atoms with E-state index in [9.17, 15) is 14.4 Å². The third-order valence-electron chi connectivity index (χ3n) is 4.35. The maximum Gasteiger partial charge on any atom is 0.374 e. The zero-order valence-corrected chi connectivity index (χ0v) is 14.2. The number of amides is 3. The van der Waals surface area contributed by atoms with E-state index in [4.69, 9.17) is 4.42 Å². The van der Waals surface area contributed by atoms with E-state index in [1.54, 1.807) is 6.92 Å². The number of rotatable bonds is 4. The lowest BCUT2D eigenvalue weighted by molar-refractivity contribution is -0.131. The molecule has 1 aliphatic rings. The molecule has 0 spiro atoms. The first-order valence-electron chi connectivity index (χ1n) is 7.72. The van der Waals surface area contributed by atoms with Crippen molar-refractivity contribution in [2.45, 2.75) is 25.9 Å². The lowest BCUT2D eigenvalue weighted by atomic mass is 9.91. The molecule has 2 heterocycles. The van der Waals surface area contributed by atoms with Crippen LogP contribution < -0.4 is 5.32 Å². The fourth-order valence-electron chi connectivity index (χ4n) is 2.83. The molecule has 0 saturated carbocycles. The number of methoxy groups -OCH3 is 1. The summed E-state index contributed by atoms with van der Waals surface area (Å²) >= 11 is 0. The Morgan fingerprint density at radius 1 is 1.24 bits per heavy atom. The van der Waals surface area contributed by atoms with Crippen LogP contribution in [0.1, 0.15) is 34.2 Å². The van der Waals surface area contributed by atoms with Gasteiger partial charge in [0.1, 0.15) is 5.54 Å². The number of imide groups is 1. The monoisotopic (exact) mass is 342 g/mol. The first kappa shape index (κ1) is 16.8. The van der Waals surface area contributed by atoms with Gasteiger partial charge in [0.15, 0.2) is 0 Å². The van der Waals surface area contributed by atoms with E-state index in [-0.39, 0.29) is 12.3 Å². The van der Waals surface area contributed by atoms with Gasteiger partial charge in [-0.05, 0) is 25.5 Å². The Bertz CT molecular complexity index is 839. The number of furan rings is 1. The van der Waals surface area contributed by atoms with Crippen LogP contribution in [-0.2, 0) is 21.6 Å². The molecule has 7 nitrogen and oxygen atoms in total. The molecular weight excluding hydrogens is 324 g/mol. The van der Waals surface area contributed by atoms with E-state index >= 15 is 0 Å². The van der Waals surface area contributed by atoms with E-state index in [1.165, 1.54) is 19.4 Å². The maximum absolute atomic E-state index is 12.9. The van der Waals surface area contributed by atoms with Crippen LogP contribution in [-0.4, -0.2) is 29.9 Å². The van der Waals surface area contributed by atoms with E-state index in [1.807, 2.05) is 31.2 Å². The van der Waals surface area contributed by atoms with E-state index < -0.39 is 23.4 Å². The number of nitrogens with one attached hydrogen (secondary N) is 1. The van der Waals surface area contributed by atoms with Crippen molar-refractivity contribution in [2.24, 2.45) is 0 Å². The fraction of sp³-hybridized carbons (Fsp3) is 0.278. The van der Waals surface area contributed by atoms with Crippen molar-refractivity contribution in [3.8, 4) is 0 Å². The average molecular weight is 342 g/mol. The highest BCUT2D eigenvalue weighted by Crippen LogP contribution is 2.30. The zero-order chi connectivity index (χ0) is 18.2. The molecule has 7 heteroatoms. The summed E-state index contributed by atoms with van der Waals surface area (Å²) in [7, 11) is 1.23. The molecule has 0 bridgehead atoms. The minimum Gasteiger partial charge on any atom is -0.463 e. The summed E-state index contributed by atoms with van der Waals surface area (Å²) in [5.41, 5.74) is 1.00. The van der Waals surface area contributed by atoms with Gasteiger partial charge in [0.25, 0.3) is 5.91 Å². The molecule has 3 rings (SSSR count). The van der Waals surface area contributed by atoms with Crippen LogP contribution in [0.2, 0.25) is 0 Å². The summed E-state index contributed by atoms with van der Waals surface area (Å²) in [5.74, 6) is -1.07. The smallest absolute Gasteiger partial charge is 0.374 e. The third kappa shape index (κ3) is 2.77. The van der Waals surface area contributed by atoms with Crippen LogP contribution in [0.15, 0.2) is 41.0 Å². The Hall–Kier alpha value is -3.09. The van der Waals surface area contributed by atoms with Crippen molar-refractivity contribution < 1.29 is 23.5 Å². The first-order chi connectivity index (χ1) is 11.9. The van der Waals surface area contributed by atoms with Gasteiger partial charge in [-0.1, -0.05) is 29.8 Å². The van der Waals surface area contributed by atoms with Crippen LogP contribution in [0.5, 0.6) is 0 Å². The Kier molecular flexibility index (Phi) is 4.08. The Morgan fingerprint density at radius 2 is 1.92 bits per heavy atom. The molecule has 3 amide bonds. The van der Waals surface area contributed by atoms with Crippen molar-refractivity contribution in [3.05, 3.63) is 59.0 Å². The van der Waals surface area contributed by atoms with Gasteiger partial charge in [-0.2, -0.15) is 0 Å².